The first-order valence-electron chi connectivity index (χ1n) is 4.60. The molecule has 1 aliphatic rings. The second-order valence-electron chi connectivity index (χ2n) is 3.50. The largest absolute Gasteiger partial charge is 0.251 e. The number of aromatic nitrogens is 2. The van der Waals surface area contributed by atoms with E-state index in [2.05, 4.69) is 5.10 Å². The lowest BCUT2D eigenvalue weighted by atomic mass is 9.94. The van der Waals surface area contributed by atoms with Crippen LogP contribution in [0.1, 0.15) is 31.7 Å². The Hall–Kier alpha value is -0.570. The molecule has 1 fully saturated rings. The van der Waals surface area contributed by atoms with Gasteiger partial charge in [0.25, 0.3) is 0 Å². The molecule has 0 atom stereocenters. The molecule has 1 aliphatic carbocycles. The van der Waals surface area contributed by atoms with E-state index in [0.29, 0.717) is 24.0 Å². The molecule has 0 aromatic carbocycles. The highest BCUT2D eigenvalue weighted by Gasteiger charge is 2.23. The Labute approximate surface area is 81.7 Å². The second-order valence-corrected chi connectivity index (χ2v) is 3.89. The van der Waals surface area contributed by atoms with Crippen LogP contribution in [0, 0.1) is 0 Å². The van der Waals surface area contributed by atoms with Crippen LogP contribution in [0.25, 0.3) is 0 Å². The molecule has 0 unspecified atom stereocenters. The van der Waals surface area contributed by atoms with Gasteiger partial charge in [0, 0.05) is 0 Å². The SMILES string of the molecule is FC1CCC(n2nccc2Cl)CC1. The third kappa shape index (κ3) is 1.85. The molecule has 1 heterocycles. The number of nitrogens with zero attached hydrogens (tertiary/aromatic N) is 2. The van der Waals surface area contributed by atoms with Crippen molar-refractivity contribution in [3.63, 3.8) is 0 Å². The van der Waals surface area contributed by atoms with E-state index in [1.807, 2.05) is 0 Å². The summed E-state index contributed by atoms with van der Waals surface area (Å²) >= 11 is 5.92. The Bertz CT molecular complexity index is 279. The minimum atomic E-state index is -0.620. The smallest absolute Gasteiger partial charge is 0.127 e. The van der Waals surface area contributed by atoms with Crippen molar-refractivity contribution in [2.75, 3.05) is 0 Å². The summed E-state index contributed by atoms with van der Waals surface area (Å²) in [7, 11) is 0. The Morgan fingerprint density at radius 2 is 2.08 bits per heavy atom. The molecule has 1 aromatic heterocycles. The molecule has 1 saturated carbocycles. The molecule has 13 heavy (non-hydrogen) atoms. The van der Waals surface area contributed by atoms with Crippen LogP contribution in [-0.4, -0.2) is 16.0 Å². The maximum Gasteiger partial charge on any atom is 0.127 e. The third-order valence-electron chi connectivity index (χ3n) is 2.59. The maximum absolute atomic E-state index is 12.8. The first-order valence-corrected chi connectivity index (χ1v) is 4.98. The summed E-state index contributed by atoms with van der Waals surface area (Å²) in [6.07, 6.45) is 4.04. The van der Waals surface area contributed by atoms with E-state index >= 15 is 0 Å². The number of hydrogen-bond donors (Lipinski definition) is 0. The lowest BCUT2D eigenvalue weighted by Gasteiger charge is -2.24. The van der Waals surface area contributed by atoms with Crippen LogP contribution in [0.3, 0.4) is 0 Å². The molecule has 0 spiro atoms. The van der Waals surface area contributed by atoms with Gasteiger partial charge in [-0.15, -0.1) is 0 Å². The van der Waals surface area contributed by atoms with Gasteiger partial charge in [-0.05, 0) is 31.7 Å². The van der Waals surface area contributed by atoms with Gasteiger partial charge in [0.1, 0.15) is 11.3 Å². The van der Waals surface area contributed by atoms with Crippen LogP contribution in [0.5, 0.6) is 0 Å². The summed E-state index contributed by atoms with van der Waals surface area (Å²) in [6, 6.07) is 2.07. The van der Waals surface area contributed by atoms with Crippen LogP contribution in [-0.2, 0) is 0 Å². The summed E-state index contributed by atoms with van der Waals surface area (Å²) in [5, 5.41) is 4.78. The van der Waals surface area contributed by atoms with Gasteiger partial charge in [-0.3, -0.25) is 4.68 Å². The van der Waals surface area contributed by atoms with Crippen molar-refractivity contribution in [2.24, 2.45) is 0 Å². The predicted molar refractivity (Wildman–Crippen MR) is 49.6 cm³/mol. The van der Waals surface area contributed by atoms with Crippen molar-refractivity contribution in [2.45, 2.75) is 37.9 Å². The van der Waals surface area contributed by atoms with E-state index in [1.165, 1.54) is 0 Å². The fraction of sp³-hybridized carbons (Fsp3) is 0.667. The first kappa shape index (κ1) is 9.00. The van der Waals surface area contributed by atoms with Crippen molar-refractivity contribution in [3.05, 3.63) is 17.4 Å². The Kier molecular flexibility index (Phi) is 2.54. The zero-order valence-electron chi connectivity index (χ0n) is 7.29. The van der Waals surface area contributed by atoms with E-state index in [1.54, 1.807) is 16.9 Å². The van der Waals surface area contributed by atoms with E-state index in [-0.39, 0.29) is 0 Å². The quantitative estimate of drug-likeness (QED) is 0.685. The Balaban J connectivity index is 2.06. The van der Waals surface area contributed by atoms with E-state index < -0.39 is 6.17 Å². The van der Waals surface area contributed by atoms with Crippen LogP contribution >= 0.6 is 11.6 Å². The number of halogens is 2. The van der Waals surface area contributed by atoms with Gasteiger partial charge in [-0.1, -0.05) is 11.6 Å². The topological polar surface area (TPSA) is 17.8 Å². The molecule has 0 amide bonds. The summed E-state index contributed by atoms with van der Waals surface area (Å²) in [5.74, 6) is 0. The zero-order valence-corrected chi connectivity index (χ0v) is 8.04. The second kappa shape index (κ2) is 3.66. The molecule has 72 valence electrons. The average molecular weight is 203 g/mol. The van der Waals surface area contributed by atoms with Crippen LogP contribution in [0.4, 0.5) is 4.39 Å². The van der Waals surface area contributed by atoms with E-state index in [0.717, 1.165) is 12.8 Å². The molecule has 4 heteroatoms. The van der Waals surface area contributed by atoms with Crippen LogP contribution in [0.15, 0.2) is 12.3 Å². The normalized spacial score (nSPS) is 29.1. The average Bonchev–Trinajstić information content (AvgIpc) is 2.53. The number of rotatable bonds is 1. The molecule has 2 nitrogen and oxygen atoms in total. The maximum atomic E-state index is 12.8. The summed E-state index contributed by atoms with van der Waals surface area (Å²) < 4.78 is 14.6. The third-order valence-corrected chi connectivity index (χ3v) is 2.89. The molecule has 0 aliphatic heterocycles. The van der Waals surface area contributed by atoms with Gasteiger partial charge in [0.15, 0.2) is 0 Å². The highest BCUT2D eigenvalue weighted by Crippen LogP contribution is 2.31. The summed E-state index contributed by atoms with van der Waals surface area (Å²) in [6.45, 7) is 0. The summed E-state index contributed by atoms with van der Waals surface area (Å²) in [5.41, 5.74) is 0. The fourth-order valence-electron chi connectivity index (χ4n) is 1.85. The van der Waals surface area contributed by atoms with Crippen molar-refractivity contribution < 1.29 is 4.39 Å². The van der Waals surface area contributed by atoms with Crippen LogP contribution < -0.4 is 0 Å². The molecule has 0 bridgehead atoms. The Morgan fingerprint density at radius 1 is 1.38 bits per heavy atom. The zero-order chi connectivity index (χ0) is 9.26. The number of hydrogen-bond acceptors (Lipinski definition) is 1. The van der Waals surface area contributed by atoms with Crippen LogP contribution in [0.2, 0.25) is 5.15 Å². The minimum absolute atomic E-state index is 0.300. The van der Waals surface area contributed by atoms with E-state index in [4.69, 9.17) is 11.6 Å². The standard InChI is InChI=1S/C9H12ClFN2/c10-9-5-6-12-13(9)8-3-1-7(11)2-4-8/h5-8H,1-4H2. The van der Waals surface area contributed by atoms with Gasteiger partial charge >= 0.3 is 0 Å². The highest BCUT2D eigenvalue weighted by molar-refractivity contribution is 6.29. The molecule has 0 radical (unpaired) electrons. The molecule has 0 N–H and O–H groups in total. The van der Waals surface area contributed by atoms with Gasteiger partial charge in [-0.25, -0.2) is 4.39 Å². The monoisotopic (exact) mass is 202 g/mol. The molecular formula is C9H12ClFN2. The van der Waals surface area contributed by atoms with E-state index in [9.17, 15) is 4.39 Å². The lowest BCUT2D eigenvalue weighted by molar-refractivity contribution is 0.202. The van der Waals surface area contributed by atoms with Crippen molar-refractivity contribution >= 4 is 11.6 Å². The van der Waals surface area contributed by atoms with Crippen molar-refractivity contribution in [1.82, 2.24) is 9.78 Å². The Morgan fingerprint density at radius 3 is 2.62 bits per heavy atom. The van der Waals surface area contributed by atoms with Crippen molar-refractivity contribution in [1.29, 1.82) is 0 Å². The van der Waals surface area contributed by atoms with Gasteiger partial charge in [-0.2, -0.15) is 5.10 Å². The predicted octanol–water partition coefficient (Wildman–Crippen LogP) is 2.99. The fourth-order valence-corrected chi connectivity index (χ4v) is 2.08. The molecular weight excluding hydrogens is 191 g/mol. The van der Waals surface area contributed by atoms with Gasteiger partial charge in [0.2, 0.25) is 0 Å². The highest BCUT2D eigenvalue weighted by atomic mass is 35.5. The lowest BCUT2D eigenvalue weighted by Crippen LogP contribution is -2.19. The number of alkyl halides is 1. The van der Waals surface area contributed by atoms with Crippen molar-refractivity contribution in [3.8, 4) is 0 Å². The molecule has 2 rings (SSSR count). The molecule has 1 aromatic rings. The molecule has 0 saturated heterocycles. The van der Waals surface area contributed by atoms with Gasteiger partial charge < -0.3 is 0 Å². The van der Waals surface area contributed by atoms with Gasteiger partial charge in [0.05, 0.1) is 12.2 Å². The minimum Gasteiger partial charge on any atom is -0.251 e. The first-order chi connectivity index (χ1) is 6.27. The summed E-state index contributed by atoms with van der Waals surface area (Å²) in [4.78, 5) is 0.